The molecule has 0 spiro atoms. The Labute approximate surface area is 117 Å². The summed E-state index contributed by atoms with van der Waals surface area (Å²) in [6.07, 6.45) is 7.09. The number of esters is 1. The summed E-state index contributed by atoms with van der Waals surface area (Å²) in [6, 6.07) is 0. The zero-order valence-electron chi connectivity index (χ0n) is 12.8. The predicted octanol–water partition coefficient (Wildman–Crippen LogP) is 2.51. The average Bonchev–Trinajstić information content (AvgIpc) is 2.44. The molecule has 0 aliphatic heterocycles. The molecule has 0 heterocycles. The summed E-state index contributed by atoms with van der Waals surface area (Å²) < 4.78 is 10.8. The second-order valence-corrected chi connectivity index (χ2v) is 5.85. The third kappa shape index (κ3) is 4.77. The van der Waals surface area contributed by atoms with Crippen LogP contribution in [0.15, 0.2) is 0 Å². The highest BCUT2D eigenvalue weighted by Crippen LogP contribution is 2.26. The van der Waals surface area contributed by atoms with Crippen molar-refractivity contribution in [1.82, 2.24) is 5.32 Å². The van der Waals surface area contributed by atoms with Crippen molar-refractivity contribution < 1.29 is 14.3 Å². The Morgan fingerprint density at radius 2 is 2.05 bits per heavy atom. The van der Waals surface area contributed by atoms with Crippen molar-refractivity contribution in [3.05, 3.63) is 0 Å². The number of ether oxygens (including phenoxy) is 2. The molecule has 4 heteroatoms. The maximum Gasteiger partial charge on any atom is 0.325 e. The summed E-state index contributed by atoms with van der Waals surface area (Å²) in [5.41, 5.74) is -0.601. The van der Waals surface area contributed by atoms with Gasteiger partial charge in [0.2, 0.25) is 0 Å². The lowest BCUT2D eigenvalue weighted by Gasteiger charge is -2.30. The van der Waals surface area contributed by atoms with Crippen LogP contribution in [0.1, 0.15) is 52.4 Å². The third-order valence-electron chi connectivity index (χ3n) is 4.37. The van der Waals surface area contributed by atoms with Crippen LogP contribution in [0.3, 0.4) is 0 Å². The Morgan fingerprint density at radius 1 is 1.37 bits per heavy atom. The number of hydrogen-bond donors (Lipinski definition) is 1. The Kier molecular flexibility index (Phi) is 6.80. The van der Waals surface area contributed by atoms with Gasteiger partial charge in [0.25, 0.3) is 0 Å². The lowest BCUT2D eigenvalue weighted by atomic mass is 9.88. The molecule has 0 aromatic heterocycles. The molecule has 1 saturated carbocycles. The van der Waals surface area contributed by atoms with Crippen molar-refractivity contribution in [2.45, 2.75) is 64.0 Å². The summed E-state index contributed by atoms with van der Waals surface area (Å²) in [5.74, 6) is 0.464. The lowest BCUT2D eigenvalue weighted by molar-refractivity contribution is -0.148. The van der Waals surface area contributed by atoms with Gasteiger partial charge in [0.1, 0.15) is 5.54 Å². The molecule has 1 aliphatic carbocycles. The van der Waals surface area contributed by atoms with Crippen LogP contribution in [0.2, 0.25) is 0 Å². The molecule has 4 nitrogen and oxygen atoms in total. The topological polar surface area (TPSA) is 47.6 Å². The third-order valence-corrected chi connectivity index (χ3v) is 4.37. The minimum absolute atomic E-state index is 0.207. The van der Waals surface area contributed by atoms with Gasteiger partial charge in [-0.05, 0) is 45.6 Å². The van der Waals surface area contributed by atoms with Gasteiger partial charge in [0.15, 0.2) is 0 Å². The summed E-state index contributed by atoms with van der Waals surface area (Å²) in [4.78, 5) is 11.7. The van der Waals surface area contributed by atoms with Crippen molar-refractivity contribution in [1.29, 1.82) is 0 Å². The van der Waals surface area contributed by atoms with Crippen LogP contribution in [0.4, 0.5) is 0 Å². The number of carbonyl (C=O) groups excluding carboxylic acids is 1. The second kappa shape index (κ2) is 7.85. The first-order chi connectivity index (χ1) is 9.03. The van der Waals surface area contributed by atoms with Crippen LogP contribution < -0.4 is 5.32 Å². The maximum absolute atomic E-state index is 11.7. The van der Waals surface area contributed by atoms with Crippen LogP contribution in [0.25, 0.3) is 0 Å². The van der Waals surface area contributed by atoms with E-state index in [1.165, 1.54) is 32.8 Å². The van der Waals surface area contributed by atoms with E-state index in [1.807, 2.05) is 6.92 Å². The van der Waals surface area contributed by atoms with Crippen LogP contribution in [-0.4, -0.2) is 38.4 Å². The Hall–Kier alpha value is -0.610. The first-order valence-corrected chi connectivity index (χ1v) is 7.42. The van der Waals surface area contributed by atoms with Gasteiger partial charge in [-0.15, -0.1) is 0 Å². The van der Waals surface area contributed by atoms with Crippen LogP contribution in [-0.2, 0) is 14.3 Å². The molecule has 112 valence electrons. The zero-order chi connectivity index (χ0) is 14.3. The largest absolute Gasteiger partial charge is 0.468 e. The molecular formula is C15H29NO3. The number of nitrogens with one attached hydrogen (secondary N) is 1. The first-order valence-electron chi connectivity index (χ1n) is 7.42. The Bertz CT molecular complexity index is 283. The highest BCUT2D eigenvalue weighted by atomic mass is 16.5. The van der Waals surface area contributed by atoms with Gasteiger partial charge in [-0.2, -0.15) is 0 Å². The van der Waals surface area contributed by atoms with Gasteiger partial charge in [0.05, 0.1) is 13.2 Å². The molecular weight excluding hydrogens is 242 g/mol. The van der Waals surface area contributed by atoms with Gasteiger partial charge in [-0.1, -0.05) is 19.8 Å². The molecule has 1 rings (SSSR count). The molecule has 3 unspecified atom stereocenters. The van der Waals surface area contributed by atoms with E-state index >= 15 is 0 Å². The summed E-state index contributed by atoms with van der Waals surface area (Å²) in [5, 5.41) is 3.05. The van der Waals surface area contributed by atoms with Crippen LogP contribution >= 0.6 is 0 Å². The molecule has 1 fully saturated rings. The minimum atomic E-state index is -0.601. The van der Waals surface area contributed by atoms with E-state index in [0.717, 1.165) is 19.4 Å². The van der Waals surface area contributed by atoms with Crippen molar-refractivity contribution in [2.75, 3.05) is 20.8 Å². The molecule has 0 amide bonds. The minimum Gasteiger partial charge on any atom is -0.468 e. The molecule has 1 aliphatic rings. The number of hydrogen-bond acceptors (Lipinski definition) is 4. The van der Waals surface area contributed by atoms with Crippen LogP contribution in [0, 0.1) is 5.92 Å². The van der Waals surface area contributed by atoms with Crippen molar-refractivity contribution in [3.8, 4) is 0 Å². The Morgan fingerprint density at radius 3 is 2.63 bits per heavy atom. The smallest absolute Gasteiger partial charge is 0.325 e. The first kappa shape index (κ1) is 16.4. The highest BCUT2D eigenvalue weighted by molar-refractivity contribution is 5.80. The van der Waals surface area contributed by atoms with E-state index in [2.05, 4.69) is 12.2 Å². The summed E-state index contributed by atoms with van der Waals surface area (Å²) in [6.45, 7) is 4.88. The molecule has 0 aromatic rings. The number of carbonyl (C=O) groups is 1. The fourth-order valence-electron chi connectivity index (χ4n) is 2.74. The molecule has 1 N–H and O–H groups in total. The standard InChI is InChI=1S/C15H29NO3/c1-12-8-5-6-9-13(12)19-11-7-10-15(2,16-3)14(17)18-4/h12-13,16H,5-11H2,1-4H3. The van der Waals surface area contributed by atoms with E-state index in [-0.39, 0.29) is 5.97 Å². The van der Waals surface area contributed by atoms with E-state index in [9.17, 15) is 4.79 Å². The van der Waals surface area contributed by atoms with Gasteiger partial charge in [-0.25, -0.2) is 0 Å². The predicted molar refractivity (Wildman–Crippen MR) is 76.1 cm³/mol. The van der Waals surface area contributed by atoms with Gasteiger partial charge in [0, 0.05) is 6.61 Å². The molecule has 19 heavy (non-hydrogen) atoms. The molecule has 0 aromatic carbocycles. The fourth-order valence-corrected chi connectivity index (χ4v) is 2.74. The second-order valence-electron chi connectivity index (χ2n) is 5.85. The monoisotopic (exact) mass is 271 g/mol. The average molecular weight is 271 g/mol. The molecule has 0 bridgehead atoms. The van der Waals surface area contributed by atoms with E-state index in [1.54, 1.807) is 7.05 Å². The van der Waals surface area contributed by atoms with E-state index in [0.29, 0.717) is 12.0 Å². The number of methoxy groups -OCH3 is 1. The van der Waals surface area contributed by atoms with Gasteiger partial charge >= 0.3 is 5.97 Å². The molecule has 3 atom stereocenters. The zero-order valence-corrected chi connectivity index (χ0v) is 12.8. The van der Waals surface area contributed by atoms with E-state index < -0.39 is 5.54 Å². The number of rotatable bonds is 7. The maximum atomic E-state index is 11.7. The molecule has 0 saturated heterocycles. The van der Waals surface area contributed by atoms with Crippen molar-refractivity contribution in [2.24, 2.45) is 5.92 Å². The van der Waals surface area contributed by atoms with Crippen molar-refractivity contribution in [3.63, 3.8) is 0 Å². The van der Waals surface area contributed by atoms with Crippen molar-refractivity contribution >= 4 is 5.97 Å². The van der Waals surface area contributed by atoms with Gasteiger partial charge < -0.3 is 14.8 Å². The summed E-state index contributed by atoms with van der Waals surface area (Å²) in [7, 11) is 3.22. The lowest BCUT2D eigenvalue weighted by Crippen LogP contribution is -2.48. The normalized spacial score (nSPS) is 26.7. The highest BCUT2D eigenvalue weighted by Gasteiger charge is 2.32. The quantitative estimate of drug-likeness (QED) is 0.571. The summed E-state index contributed by atoms with van der Waals surface area (Å²) >= 11 is 0. The van der Waals surface area contributed by atoms with E-state index in [4.69, 9.17) is 9.47 Å². The Balaban J connectivity index is 2.27. The van der Waals surface area contributed by atoms with Crippen LogP contribution in [0.5, 0.6) is 0 Å². The SMILES string of the molecule is CNC(C)(CCCOC1CCCCC1C)C(=O)OC. The fraction of sp³-hybridized carbons (Fsp3) is 0.933. The number of likely N-dealkylation sites (N-methyl/N-ethyl adjacent to an activating group) is 1. The molecule has 0 radical (unpaired) electrons. The van der Waals surface area contributed by atoms with Gasteiger partial charge in [-0.3, -0.25) is 4.79 Å².